The van der Waals surface area contributed by atoms with Crippen molar-refractivity contribution in [2.75, 3.05) is 30.3 Å². The van der Waals surface area contributed by atoms with E-state index in [4.69, 9.17) is 0 Å². The van der Waals surface area contributed by atoms with Crippen molar-refractivity contribution in [1.82, 2.24) is 4.90 Å². The Morgan fingerprint density at radius 2 is 1.64 bits per heavy atom. The molecular formula is C23H31N3O2. The molecule has 0 unspecified atom stereocenters. The lowest BCUT2D eigenvalue weighted by molar-refractivity contribution is -0.114. The van der Waals surface area contributed by atoms with E-state index >= 15 is 0 Å². The molecule has 2 rings (SSSR count). The van der Waals surface area contributed by atoms with Gasteiger partial charge in [0, 0.05) is 30.0 Å². The summed E-state index contributed by atoms with van der Waals surface area (Å²) in [5.41, 5.74) is 4.43. The van der Waals surface area contributed by atoms with Gasteiger partial charge in [-0.1, -0.05) is 32.0 Å². The van der Waals surface area contributed by atoms with E-state index in [2.05, 4.69) is 24.5 Å². The molecule has 5 heteroatoms. The van der Waals surface area contributed by atoms with E-state index in [9.17, 15) is 9.59 Å². The Morgan fingerprint density at radius 1 is 0.964 bits per heavy atom. The Hall–Kier alpha value is -2.82. The van der Waals surface area contributed by atoms with Crippen molar-refractivity contribution in [2.45, 2.75) is 40.5 Å². The SMILES string of the molecule is CCCN(CCC)C(=O)c1cccc(NCC(=O)Nc2cccc(C)c2C)c1. The van der Waals surface area contributed by atoms with Gasteiger partial charge < -0.3 is 15.5 Å². The number of carbonyl (C=O) groups excluding carboxylic acids is 2. The lowest BCUT2D eigenvalue weighted by Crippen LogP contribution is -2.32. The number of anilines is 2. The van der Waals surface area contributed by atoms with Crippen LogP contribution >= 0.6 is 0 Å². The zero-order valence-corrected chi connectivity index (χ0v) is 17.3. The maximum Gasteiger partial charge on any atom is 0.253 e. The van der Waals surface area contributed by atoms with Crippen molar-refractivity contribution in [3.05, 3.63) is 59.2 Å². The van der Waals surface area contributed by atoms with Crippen molar-refractivity contribution >= 4 is 23.2 Å². The second-order valence-electron chi connectivity index (χ2n) is 7.02. The average Bonchev–Trinajstić information content (AvgIpc) is 2.69. The normalized spacial score (nSPS) is 10.4. The van der Waals surface area contributed by atoms with E-state index in [1.54, 1.807) is 0 Å². The first-order valence-corrected chi connectivity index (χ1v) is 9.95. The number of benzene rings is 2. The van der Waals surface area contributed by atoms with Gasteiger partial charge in [-0.25, -0.2) is 0 Å². The molecule has 2 N–H and O–H groups in total. The van der Waals surface area contributed by atoms with Crippen LogP contribution in [0, 0.1) is 13.8 Å². The number of rotatable bonds is 9. The molecule has 0 atom stereocenters. The first-order chi connectivity index (χ1) is 13.5. The van der Waals surface area contributed by atoms with E-state index in [0.29, 0.717) is 5.56 Å². The van der Waals surface area contributed by atoms with Gasteiger partial charge in [-0.2, -0.15) is 0 Å². The number of nitrogens with zero attached hydrogens (tertiary/aromatic N) is 1. The highest BCUT2D eigenvalue weighted by molar-refractivity contribution is 5.96. The number of carbonyl (C=O) groups is 2. The van der Waals surface area contributed by atoms with Crippen LogP contribution in [0.3, 0.4) is 0 Å². The summed E-state index contributed by atoms with van der Waals surface area (Å²) in [5.74, 6) is -0.0868. The predicted octanol–water partition coefficient (Wildman–Crippen LogP) is 4.62. The molecule has 0 radical (unpaired) electrons. The third kappa shape index (κ3) is 5.84. The average molecular weight is 382 g/mol. The molecule has 0 aliphatic heterocycles. The van der Waals surface area contributed by atoms with Crippen LogP contribution in [0.25, 0.3) is 0 Å². The number of hydrogen-bond donors (Lipinski definition) is 2. The molecule has 2 amide bonds. The van der Waals surface area contributed by atoms with Crippen LogP contribution in [-0.2, 0) is 4.79 Å². The molecular weight excluding hydrogens is 350 g/mol. The Morgan fingerprint density at radius 3 is 2.32 bits per heavy atom. The second-order valence-corrected chi connectivity index (χ2v) is 7.02. The molecule has 2 aromatic rings. The molecule has 0 spiro atoms. The minimum atomic E-state index is -0.121. The van der Waals surface area contributed by atoms with Gasteiger partial charge in [0.1, 0.15) is 0 Å². The van der Waals surface area contributed by atoms with Gasteiger partial charge in [-0.15, -0.1) is 0 Å². The van der Waals surface area contributed by atoms with Gasteiger partial charge >= 0.3 is 0 Å². The van der Waals surface area contributed by atoms with Crippen molar-refractivity contribution in [2.24, 2.45) is 0 Å². The largest absolute Gasteiger partial charge is 0.376 e. The minimum absolute atomic E-state index is 0.0344. The first kappa shape index (κ1) is 21.5. The van der Waals surface area contributed by atoms with Gasteiger partial charge in [0.05, 0.1) is 6.54 Å². The maximum atomic E-state index is 12.7. The molecule has 28 heavy (non-hydrogen) atoms. The van der Waals surface area contributed by atoms with Crippen LogP contribution in [0.1, 0.15) is 48.2 Å². The third-order valence-corrected chi connectivity index (χ3v) is 4.72. The third-order valence-electron chi connectivity index (χ3n) is 4.72. The summed E-state index contributed by atoms with van der Waals surface area (Å²) in [6.45, 7) is 9.80. The molecule has 0 aliphatic rings. The van der Waals surface area contributed by atoms with Crippen molar-refractivity contribution in [3.63, 3.8) is 0 Å². The van der Waals surface area contributed by atoms with Crippen LogP contribution in [0.15, 0.2) is 42.5 Å². The summed E-state index contributed by atoms with van der Waals surface area (Å²) in [7, 11) is 0. The predicted molar refractivity (Wildman–Crippen MR) is 116 cm³/mol. The zero-order chi connectivity index (χ0) is 20.5. The fourth-order valence-electron chi connectivity index (χ4n) is 3.06. The standard InChI is InChI=1S/C23H31N3O2/c1-5-13-26(14-6-2)23(28)19-10-8-11-20(15-19)24-16-22(27)25-21-12-7-9-17(3)18(21)4/h7-12,15,24H,5-6,13-14,16H2,1-4H3,(H,25,27). The Balaban J connectivity index is 1.99. The molecule has 150 valence electrons. The highest BCUT2D eigenvalue weighted by Crippen LogP contribution is 2.18. The van der Waals surface area contributed by atoms with E-state index in [-0.39, 0.29) is 18.4 Å². The monoisotopic (exact) mass is 381 g/mol. The summed E-state index contributed by atoms with van der Waals surface area (Å²) < 4.78 is 0. The van der Waals surface area contributed by atoms with Crippen LogP contribution < -0.4 is 10.6 Å². The van der Waals surface area contributed by atoms with Gasteiger partial charge in [-0.05, 0) is 62.1 Å². The Kier molecular flexibility index (Phi) is 8.05. The molecule has 5 nitrogen and oxygen atoms in total. The Bertz CT molecular complexity index is 811. The van der Waals surface area contributed by atoms with Gasteiger partial charge in [0.2, 0.25) is 5.91 Å². The number of aryl methyl sites for hydroxylation is 1. The molecule has 0 saturated heterocycles. The van der Waals surface area contributed by atoms with Gasteiger partial charge in [0.25, 0.3) is 5.91 Å². The van der Waals surface area contributed by atoms with E-state index in [1.165, 1.54) is 0 Å². The molecule has 0 saturated carbocycles. The number of nitrogens with one attached hydrogen (secondary N) is 2. The van der Waals surface area contributed by atoms with Crippen LogP contribution in [0.5, 0.6) is 0 Å². The molecule has 0 fully saturated rings. The fraction of sp³-hybridized carbons (Fsp3) is 0.391. The quantitative estimate of drug-likeness (QED) is 0.666. The number of hydrogen-bond acceptors (Lipinski definition) is 3. The van der Waals surface area contributed by atoms with E-state index in [1.807, 2.05) is 61.2 Å². The number of amides is 2. The van der Waals surface area contributed by atoms with Crippen molar-refractivity contribution in [3.8, 4) is 0 Å². The van der Waals surface area contributed by atoms with E-state index < -0.39 is 0 Å². The fourth-order valence-corrected chi connectivity index (χ4v) is 3.06. The minimum Gasteiger partial charge on any atom is -0.376 e. The summed E-state index contributed by atoms with van der Waals surface area (Å²) in [6, 6.07) is 13.2. The molecule has 0 heterocycles. The molecule has 0 bridgehead atoms. The molecule has 2 aromatic carbocycles. The topological polar surface area (TPSA) is 61.4 Å². The summed E-state index contributed by atoms with van der Waals surface area (Å²) in [4.78, 5) is 26.9. The highest BCUT2D eigenvalue weighted by Gasteiger charge is 2.14. The maximum absolute atomic E-state index is 12.7. The van der Waals surface area contributed by atoms with Crippen molar-refractivity contribution < 1.29 is 9.59 Å². The second kappa shape index (κ2) is 10.5. The summed E-state index contributed by atoms with van der Waals surface area (Å²) in [5, 5.41) is 6.05. The first-order valence-electron chi connectivity index (χ1n) is 9.95. The molecule has 0 aliphatic carbocycles. The Labute approximate surface area is 168 Å². The van der Waals surface area contributed by atoms with Gasteiger partial charge in [0.15, 0.2) is 0 Å². The smallest absolute Gasteiger partial charge is 0.253 e. The molecule has 0 aromatic heterocycles. The van der Waals surface area contributed by atoms with E-state index in [0.717, 1.165) is 48.4 Å². The van der Waals surface area contributed by atoms with Crippen LogP contribution in [0.4, 0.5) is 11.4 Å². The summed E-state index contributed by atoms with van der Waals surface area (Å²) in [6.07, 6.45) is 1.87. The van der Waals surface area contributed by atoms with Gasteiger partial charge in [-0.3, -0.25) is 9.59 Å². The lowest BCUT2D eigenvalue weighted by atomic mass is 10.1. The lowest BCUT2D eigenvalue weighted by Gasteiger charge is -2.21. The summed E-state index contributed by atoms with van der Waals surface area (Å²) >= 11 is 0. The van der Waals surface area contributed by atoms with Crippen LogP contribution in [-0.4, -0.2) is 36.3 Å². The highest BCUT2D eigenvalue weighted by atomic mass is 16.2. The van der Waals surface area contributed by atoms with Crippen LogP contribution in [0.2, 0.25) is 0 Å². The zero-order valence-electron chi connectivity index (χ0n) is 17.3. The van der Waals surface area contributed by atoms with Crippen molar-refractivity contribution in [1.29, 1.82) is 0 Å².